The molecule has 0 radical (unpaired) electrons. The van der Waals surface area contributed by atoms with Gasteiger partial charge in [0.2, 0.25) is 0 Å². The van der Waals surface area contributed by atoms with E-state index in [9.17, 15) is 23.6 Å². The Morgan fingerprint density at radius 1 is 1.23 bits per heavy atom. The van der Waals surface area contributed by atoms with Crippen LogP contribution in [0, 0.1) is 11.3 Å². The van der Waals surface area contributed by atoms with E-state index in [0.29, 0.717) is 23.6 Å². The molecule has 0 saturated carbocycles. The van der Waals surface area contributed by atoms with Crippen LogP contribution in [0.2, 0.25) is 0 Å². The van der Waals surface area contributed by atoms with E-state index in [1.165, 1.54) is 16.7 Å². The summed E-state index contributed by atoms with van der Waals surface area (Å²) in [6.07, 6.45) is 2.09. The molecule has 2 aliphatic rings. The molecule has 0 unspecified atom stereocenters. The number of nitrogens with zero attached hydrogens (tertiary/aromatic N) is 5. The van der Waals surface area contributed by atoms with E-state index in [1.807, 2.05) is 12.1 Å². The zero-order valence-corrected chi connectivity index (χ0v) is 23.2. The molecule has 9 nitrogen and oxygen atoms in total. The molecule has 12 heteroatoms. The van der Waals surface area contributed by atoms with E-state index >= 15 is 0 Å². The molecule has 0 bridgehead atoms. The number of hydrogen-bond acceptors (Lipinski definition) is 7. The van der Waals surface area contributed by atoms with Crippen molar-refractivity contribution in [3.63, 3.8) is 0 Å². The van der Waals surface area contributed by atoms with Crippen molar-refractivity contribution in [1.29, 1.82) is 5.26 Å². The van der Waals surface area contributed by atoms with Gasteiger partial charge in [-0.25, -0.2) is 4.31 Å². The average molecular weight is 556 g/mol. The number of carbonyl (C=O) groups excluding carboxylic acids is 1. The number of aromatic nitrogens is 3. The number of nitriles is 1. The number of fused-ring (bicyclic) bond motifs is 2. The minimum Gasteiger partial charge on any atom is -0.338 e. The Morgan fingerprint density at radius 3 is 2.59 bits per heavy atom. The van der Waals surface area contributed by atoms with Gasteiger partial charge in [0.1, 0.15) is 5.39 Å². The fourth-order valence-electron chi connectivity index (χ4n) is 5.23. The predicted molar refractivity (Wildman–Crippen MR) is 146 cm³/mol. The Morgan fingerprint density at radius 2 is 1.95 bits per heavy atom. The summed E-state index contributed by atoms with van der Waals surface area (Å²) in [7, 11) is 0. The van der Waals surface area contributed by atoms with Gasteiger partial charge in [-0.15, -0.1) is 0 Å². The number of hydrogen-bond donors (Lipinski definition) is 2. The quantitative estimate of drug-likeness (QED) is 0.428. The van der Waals surface area contributed by atoms with Crippen LogP contribution >= 0.6 is 11.9 Å². The average Bonchev–Trinajstić information content (AvgIpc) is 3.46. The first kappa shape index (κ1) is 27.1. The summed E-state index contributed by atoms with van der Waals surface area (Å²) < 4.78 is 31.3. The Balaban J connectivity index is 1.49. The van der Waals surface area contributed by atoms with Crippen molar-refractivity contribution in [1.82, 2.24) is 24.0 Å². The molecular weight excluding hydrogens is 524 g/mol. The molecule has 1 saturated heterocycles. The number of aromatic amines is 1. The molecule has 3 aromatic rings. The molecule has 206 valence electrons. The van der Waals surface area contributed by atoms with Crippen LogP contribution in [0.5, 0.6) is 0 Å². The van der Waals surface area contributed by atoms with Crippen molar-refractivity contribution < 1.29 is 13.6 Å². The van der Waals surface area contributed by atoms with Crippen LogP contribution in [0.15, 0.2) is 40.2 Å². The van der Waals surface area contributed by atoms with Gasteiger partial charge < -0.3 is 15.2 Å². The lowest BCUT2D eigenvalue weighted by atomic mass is 9.84. The van der Waals surface area contributed by atoms with Gasteiger partial charge in [-0.05, 0) is 75.4 Å². The summed E-state index contributed by atoms with van der Waals surface area (Å²) >= 11 is 1.72. The first-order chi connectivity index (χ1) is 18.3. The van der Waals surface area contributed by atoms with Gasteiger partial charge in [-0.1, -0.05) is 0 Å². The Hall–Kier alpha value is -3.43. The second-order valence-corrected chi connectivity index (χ2v) is 12.4. The number of anilines is 2. The molecule has 5 rings (SSSR count). The third-order valence-electron chi connectivity index (χ3n) is 7.41. The van der Waals surface area contributed by atoms with Crippen LogP contribution in [0.1, 0.15) is 52.5 Å². The molecule has 4 heterocycles. The van der Waals surface area contributed by atoms with Crippen molar-refractivity contribution in [2.75, 3.05) is 18.4 Å². The van der Waals surface area contributed by atoms with Crippen LogP contribution in [-0.4, -0.2) is 54.4 Å². The lowest BCUT2D eigenvalue weighted by Crippen LogP contribution is -2.51. The van der Waals surface area contributed by atoms with Crippen LogP contribution in [0.4, 0.5) is 20.3 Å². The van der Waals surface area contributed by atoms with Crippen molar-refractivity contribution in [3.8, 4) is 6.07 Å². The highest BCUT2D eigenvalue weighted by Crippen LogP contribution is 2.42. The number of amides is 1. The number of H-pyrrole nitrogens is 1. The normalized spacial score (nSPS) is 17.7. The van der Waals surface area contributed by atoms with Crippen molar-refractivity contribution in [2.24, 2.45) is 0 Å². The smallest absolute Gasteiger partial charge is 0.322 e. The van der Waals surface area contributed by atoms with Gasteiger partial charge >= 0.3 is 5.92 Å². The lowest BCUT2D eigenvalue weighted by molar-refractivity contribution is -0.157. The lowest BCUT2D eigenvalue weighted by Gasteiger charge is -2.41. The molecule has 0 aliphatic carbocycles. The molecule has 2 aromatic heterocycles. The number of halogens is 2. The Kier molecular flexibility index (Phi) is 6.71. The predicted octanol–water partition coefficient (Wildman–Crippen LogP) is 4.98. The maximum absolute atomic E-state index is 13.7. The summed E-state index contributed by atoms with van der Waals surface area (Å²) in [6, 6.07) is 9.98. The molecule has 39 heavy (non-hydrogen) atoms. The van der Waals surface area contributed by atoms with Crippen LogP contribution < -0.4 is 10.9 Å². The van der Waals surface area contributed by atoms with Crippen LogP contribution in [0.25, 0.3) is 10.9 Å². The largest absolute Gasteiger partial charge is 0.338 e. The molecular formula is C27H31F2N7O2S. The zero-order valence-electron chi connectivity index (χ0n) is 22.3. The minimum absolute atomic E-state index is 0.00181. The molecule has 2 aliphatic heterocycles. The number of likely N-dealkylation sites (tertiary alicyclic amines) is 1. The molecule has 2 N–H and O–H groups in total. The molecule has 1 fully saturated rings. The van der Waals surface area contributed by atoms with E-state index in [4.69, 9.17) is 5.10 Å². The van der Waals surface area contributed by atoms with Gasteiger partial charge in [0.15, 0.2) is 5.82 Å². The topological polar surface area (TPSA) is 110 Å². The number of piperidine rings is 1. The Labute approximate surface area is 229 Å². The second kappa shape index (κ2) is 9.64. The first-order valence-electron chi connectivity index (χ1n) is 12.8. The summed E-state index contributed by atoms with van der Waals surface area (Å²) in [5, 5.41) is 18.2. The van der Waals surface area contributed by atoms with Crippen LogP contribution in [-0.2, 0) is 16.9 Å². The maximum atomic E-state index is 13.7. The number of benzene rings is 1. The van der Waals surface area contributed by atoms with Crippen LogP contribution in [0.3, 0.4) is 0 Å². The molecule has 1 amide bonds. The number of pyridine rings is 1. The highest BCUT2D eigenvalue weighted by atomic mass is 32.2. The van der Waals surface area contributed by atoms with E-state index in [1.54, 1.807) is 22.7 Å². The van der Waals surface area contributed by atoms with Gasteiger partial charge in [-0.2, -0.15) is 19.1 Å². The van der Waals surface area contributed by atoms with Crippen molar-refractivity contribution >= 4 is 40.3 Å². The number of nitrogens with one attached hydrogen (secondary N) is 2. The number of rotatable bonds is 5. The van der Waals surface area contributed by atoms with Gasteiger partial charge in [-0.3, -0.25) is 14.3 Å². The van der Waals surface area contributed by atoms with E-state index in [-0.39, 0.29) is 43.5 Å². The maximum Gasteiger partial charge on any atom is 0.322 e. The Bertz CT molecular complexity index is 1520. The fourth-order valence-corrected chi connectivity index (χ4v) is 6.31. The minimum atomic E-state index is -3.46. The van der Waals surface area contributed by atoms with Crippen molar-refractivity contribution in [2.45, 2.75) is 75.4 Å². The summed E-state index contributed by atoms with van der Waals surface area (Å²) in [5.41, 5.74) is 1.29. The third kappa shape index (κ3) is 5.01. The third-order valence-corrected chi connectivity index (χ3v) is 8.90. The van der Waals surface area contributed by atoms with Crippen molar-refractivity contribution in [3.05, 3.63) is 46.4 Å². The highest BCUT2D eigenvalue weighted by Gasteiger charge is 2.44. The fraction of sp³-hybridized carbons (Fsp3) is 0.481. The standard InChI is InChI=1S/C27H31F2N7O2S/c1-25(2,3)35-16-17-15-18(5-6-20(17)39-35)32-22-21-19(7-12-31-23(21)37)36(33-22)27(8-11-30)9-13-34(14-10-27)24(38)26(4,28)29/h5-7,12,15H,8-10,13-14,16H2,1-4H3,(H,31,37)(H,32,33). The summed E-state index contributed by atoms with van der Waals surface area (Å²) in [6.45, 7) is 8.00. The SMILES string of the molecule is CC(F)(F)C(=O)N1CCC(CC#N)(n2nc(Nc3ccc4c(c3)CN(C(C)(C)C)S4)c3c(=O)[nH]ccc32)CC1. The second-order valence-electron chi connectivity index (χ2n) is 11.3. The molecule has 1 aromatic carbocycles. The molecule has 0 atom stereocenters. The molecule has 0 spiro atoms. The van der Waals surface area contributed by atoms with E-state index in [0.717, 1.165) is 17.1 Å². The number of alkyl halides is 2. The summed E-state index contributed by atoms with van der Waals surface area (Å²) in [5.74, 6) is -4.34. The monoisotopic (exact) mass is 555 g/mol. The van der Waals surface area contributed by atoms with Gasteiger partial charge in [0, 0.05) is 48.9 Å². The van der Waals surface area contributed by atoms with Gasteiger partial charge in [0.25, 0.3) is 11.5 Å². The first-order valence-corrected chi connectivity index (χ1v) is 13.6. The zero-order chi connectivity index (χ0) is 28.2. The number of carbonyl (C=O) groups is 1. The van der Waals surface area contributed by atoms with E-state index < -0.39 is 17.4 Å². The van der Waals surface area contributed by atoms with Gasteiger partial charge in [0.05, 0.1) is 23.5 Å². The summed E-state index contributed by atoms with van der Waals surface area (Å²) in [4.78, 5) is 30.2. The van der Waals surface area contributed by atoms with E-state index in [2.05, 4.69) is 47.5 Å². The highest BCUT2D eigenvalue weighted by molar-refractivity contribution is 7.97.